The third-order valence-electron chi connectivity index (χ3n) is 5.45. The summed E-state index contributed by atoms with van der Waals surface area (Å²) in [5, 5.41) is 3.35. The summed E-state index contributed by atoms with van der Waals surface area (Å²) in [5.74, 6) is 0. The van der Waals surface area contributed by atoms with Crippen molar-refractivity contribution < 1.29 is 0 Å². The summed E-state index contributed by atoms with van der Waals surface area (Å²) in [4.78, 5) is 7.28. The van der Waals surface area contributed by atoms with Crippen molar-refractivity contribution in [1.82, 2.24) is 4.98 Å². The molecule has 1 aliphatic heterocycles. The van der Waals surface area contributed by atoms with Gasteiger partial charge in [-0.3, -0.25) is 0 Å². The number of aromatic nitrogens is 1. The number of hydrogen-bond acceptors (Lipinski definition) is 4. The van der Waals surface area contributed by atoms with Crippen LogP contribution in [0.3, 0.4) is 0 Å². The van der Waals surface area contributed by atoms with Gasteiger partial charge in [-0.25, -0.2) is 4.98 Å². The van der Waals surface area contributed by atoms with Crippen LogP contribution in [0.4, 0.5) is 5.13 Å². The zero-order chi connectivity index (χ0) is 16.0. The quantitative estimate of drug-likeness (QED) is 0.860. The maximum Gasteiger partial charge on any atom is 0.185 e. The van der Waals surface area contributed by atoms with Crippen molar-refractivity contribution in [3.8, 4) is 11.3 Å². The van der Waals surface area contributed by atoms with Crippen molar-refractivity contribution in [2.45, 2.75) is 51.0 Å². The topological polar surface area (TPSA) is 42.1 Å². The molecule has 0 atom stereocenters. The van der Waals surface area contributed by atoms with Gasteiger partial charge in [-0.2, -0.15) is 0 Å². The second kappa shape index (κ2) is 6.66. The molecule has 0 unspecified atom stereocenters. The Hall–Kier alpha value is -1.10. The maximum absolute atomic E-state index is 6.00. The van der Waals surface area contributed by atoms with E-state index in [-0.39, 0.29) is 12.4 Å². The first kappa shape index (κ1) is 17.7. The number of anilines is 1. The van der Waals surface area contributed by atoms with Crippen molar-refractivity contribution in [2.75, 3.05) is 18.0 Å². The number of thiazole rings is 1. The van der Waals surface area contributed by atoms with E-state index in [0.29, 0.717) is 11.5 Å². The van der Waals surface area contributed by atoms with Crippen LogP contribution < -0.4 is 10.6 Å². The third-order valence-corrected chi connectivity index (χ3v) is 6.35. The van der Waals surface area contributed by atoms with Gasteiger partial charge in [0.2, 0.25) is 0 Å². The summed E-state index contributed by atoms with van der Waals surface area (Å²) < 4.78 is 0. The van der Waals surface area contributed by atoms with E-state index in [1.54, 1.807) is 11.3 Å². The summed E-state index contributed by atoms with van der Waals surface area (Å²) in [5.41, 5.74) is 11.7. The van der Waals surface area contributed by atoms with E-state index in [0.717, 1.165) is 36.8 Å². The number of piperidine rings is 1. The minimum absolute atomic E-state index is 0. The van der Waals surface area contributed by atoms with Gasteiger partial charge in [-0.1, -0.05) is 26.0 Å². The molecule has 3 nitrogen and oxygen atoms in total. The van der Waals surface area contributed by atoms with Crippen LogP contribution in [-0.2, 0) is 11.8 Å². The highest BCUT2D eigenvalue weighted by molar-refractivity contribution is 7.14. The average molecular weight is 364 g/mol. The molecule has 5 heteroatoms. The van der Waals surface area contributed by atoms with E-state index in [9.17, 15) is 0 Å². The van der Waals surface area contributed by atoms with Crippen LogP contribution in [-0.4, -0.2) is 24.1 Å². The molecule has 1 aliphatic carbocycles. The molecule has 0 saturated carbocycles. The first-order valence-corrected chi connectivity index (χ1v) is 9.51. The van der Waals surface area contributed by atoms with Crippen molar-refractivity contribution in [2.24, 2.45) is 5.73 Å². The fourth-order valence-electron chi connectivity index (χ4n) is 3.83. The van der Waals surface area contributed by atoms with Gasteiger partial charge in [0.25, 0.3) is 0 Å². The highest BCUT2D eigenvalue weighted by atomic mass is 35.5. The molecule has 0 amide bonds. The molecule has 0 spiro atoms. The standard InChI is InChI=1S/C19H25N3S.ClH/c1-19(2)8-5-13-11-14(3-4-16(13)19)17-12-23-18(21-17)22-9-6-15(20)7-10-22;/h3-4,11-12,15H,5-10,20H2,1-2H3;1H. The molecule has 4 rings (SSSR count). The number of aryl methyl sites for hydroxylation is 1. The summed E-state index contributed by atoms with van der Waals surface area (Å²) in [6.45, 7) is 6.76. The van der Waals surface area contributed by atoms with Crippen LogP contribution in [0.25, 0.3) is 11.3 Å². The van der Waals surface area contributed by atoms with E-state index < -0.39 is 0 Å². The van der Waals surface area contributed by atoms with Crippen LogP contribution in [0, 0.1) is 0 Å². The van der Waals surface area contributed by atoms with Crippen LogP contribution >= 0.6 is 23.7 Å². The first-order chi connectivity index (χ1) is 11.0. The van der Waals surface area contributed by atoms with Crippen LogP contribution in [0.2, 0.25) is 0 Å². The van der Waals surface area contributed by atoms with Crippen LogP contribution in [0.5, 0.6) is 0 Å². The number of halogens is 1. The molecule has 1 fully saturated rings. The van der Waals surface area contributed by atoms with Crippen LogP contribution in [0.15, 0.2) is 23.6 Å². The van der Waals surface area contributed by atoms with E-state index in [1.807, 2.05) is 0 Å². The Morgan fingerprint density at radius 1 is 1.25 bits per heavy atom. The first-order valence-electron chi connectivity index (χ1n) is 8.63. The van der Waals surface area contributed by atoms with Crippen molar-refractivity contribution >= 4 is 28.9 Å². The van der Waals surface area contributed by atoms with Gasteiger partial charge in [0, 0.05) is 30.1 Å². The van der Waals surface area contributed by atoms with Crippen molar-refractivity contribution in [3.05, 3.63) is 34.7 Å². The number of rotatable bonds is 2. The number of nitrogens with two attached hydrogens (primary N) is 1. The van der Waals surface area contributed by atoms with E-state index in [4.69, 9.17) is 10.7 Å². The minimum atomic E-state index is 0. The highest BCUT2D eigenvalue weighted by Gasteiger charge is 2.29. The lowest BCUT2D eigenvalue weighted by Gasteiger charge is -2.29. The summed E-state index contributed by atoms with van der Waals surface area (Å²) >= 11 is 1.76. The monoisotopic (exact) mass is 363 g/mol. The van der Waals surface area contributed by atoms with Crippen molar-refractivity contribution in [3.63, 3.8) is 0 Å². The summed E-state index contributed by atoms with van der Waals surface area (Å²) in [6, 6.07) is 7.29. The minimum Gasteiger partial charge on any atom is -0.348 e. The molecular weight excluding hydrogens is 338 g/mol. The molecule has 1 aromatic carbocycles. The Kier molecular flexibility index (Phi) is 4.92. The Labute approximate surface area is 154 Å². The fourth-order valence-corrected chi connectivity index (χ4v) is 4.72. The van der Waals surface area contributed by atoms with E-state index in [1.165, 1.54) is 29.5 Å². The van der Waals surface area contributed by atoms with Crippen molar-refractivity contribution in [1.29, 1.82) is 0 Å². The number of nitrogens with zero attached hydrogens (tertiary/aromatic N) is 2. The van der Waals surface area contributed by atoms with Gasteiger partial charge < -0.3 is 10.6 Å². The predicted molar refractivity (Wildman–Crippen MR) is 106 cm³/mol. The summed E-state index contributed by atoms with van der Waals surface area (Å²) in [6.07, 6.45) is 4.59. The number of hydrogen-bond donors (Lipinski definition) is 1. The van der Waals surface area contributed by atoms with Gasteiger partial charge in [0.15, 0.2) is 5.13 Å². The molecule has 0 radical (unpaired) electrons. The van der Waals surface area contributed by atoms with Gasteiger partial charge in [0.1, 0.15) is 0 Å². The molecule has 24 heavy (non-hydrogen) atoms. The Morgan fingerprint density at radius 3 is 2.75 bits per heavy atom. The lowest BCUT2D eigenvalue weighted by Crippen LogP contribution is -2.39. The zero-order valence-electron chi connectivity index (χ0n) is 14.4. The lowest BCUT2D eigenvalue weighted by molar-refractivity contribution is 0.501. The SMILES string of the molecule is CC1(C)CCc2cc(-c3csc(N4CCC(N)CC4)n3)ccc21.Cl. The fraction of sp³-hybridized carbons (Fsp3) is 0.526. The Balaban J connectivity index is 0.00000169. The molecule has 0 bridgehead atoms. The molecule has 2 aliphatic rings. The number of fused-ring (bicyclic) bond motifs is 1. The van der Waals surface area contributed by atoms with E-state index in [2.05, 4.69) is 42.3 Å². The lowest BCUT2D eigenvalue weighted by atomic mass is 9.86. The molecule has 1 aromatic heterocycles. The molecule has 2 N–H and O–H groups in total. The van der Waals surface area contributed by atoms with Gasteiger partial charge >= 0.3 is 0 Å². The maximum atomic E-state index is 6.00. The van der Waals surface area contributed by atoms with Gasteiger partial charge in [0.05, 0.1) is 5.69 Å². The molecular formula is C19H26ClN3S. The average Bonchev–Trinajstić information content (AvgIpc) is 3.13. The zero-order valence-corrected chi connectivity index (χ0v) is 16.1. The largest absolute Gasteiger partial charge is 0.348 e. The highest BCUT2D eigenvalue weighted by Crippen LogP contribution is 2.40. The second-order valence-electron chi connectivity index (χ2n) is 7.60. The summed E-state index contributed by atoms with van der Waals surface area (Å²) in [7, 11) is 0. The van der Waals surface area contributed by atoms with E-state index >= 15 is 0 Å². The smallest absolute Gasteiger partial charge is 0.185 e. The second-order valence-corrected chi connectivity index (χ2v) is 8.43. The molecule has 2 aromatic rings. The molecule has 130 valence electrons. The normalized spacial score (nSPS) is 19.9. The molecule has 2 heterocycles. The Bertz CT molecular complexity index is 717. The Morgan fingerprint density at radius 2 is 2.00 bits per heavy atom. The van der Waals surface area contributed by atoms with Gasteiger partial charge in [-0.05, 0) is 48.3 Å². The van der Waals surface area contributed by atoms with Crippen LogP contribution in [0.1, 0.15) is 44.2 Å². The third kappa shape index (κ3) is 3.19. The van der Waals surface area contributed by atoms with Gasteiger partial charge in [-0.15, -0.1) is 23.7 Å². The number of benzene rings is 1. The molecule has 1 saturated heterocycles. The predicted octanol–water partition coefficient (Wildman–Crippen LogP) is 4.38.